The summed E-state index contributed by atoms with van der Waals surface area (Å²) in [5.41, 5.74) is 0. The van der Waals surface area contributed by atoms with Crippen molar-refractivity contribution < 1.29 is 38.1 Å². The van der Waals surface area contributed by atoms with Gasteiger partial charge in [-0.25, -0.2) is 0 Å². The monoisotopic (exact) mass is 447 g/mol. The van der Waals surface area contributed by atoms with Crippen LogP contribution in [0.2, 0.25) is 0 Å². The Morgan fingerprint density at radius 3 is 1.03 bits per heavy atom. The third-order valence-corrected chi connectivity index (χ3v) is 3.84. The molecule has 1 N–H and O–H groups in total. The minimum absolute atomic E-state index is 0.0217. The van der Waals surface area contributed by atoms with Crippen LogP contribution >= 0.6 is 0 Å². The number of ether oxygens (including phenoxy) is 4. The minimum atomic E-state index is -0.415. The van der Waals surface area contributed by atoms with Gasteiger partial charge >= 0.3 is 23.9 Å². The average Bonchev–Trinajstić information content (AvgIpc) is 2.68. The second-order valence-corrected chi connectivity index (χ2v) is 6.39. The number of rotatable bonds is 18. The molecular weight excluding hydrogens is 410 g/mol. The van der Waals surface area contributed by atoms with Gasteiger partial charge in [0, 0.05) is 26.2 Å². The van der Waals surface area contributed by atoms with Crippen molar-refractivity contribution >= 4 is 23.9 Å². The topological polar surface area (TPSA) is 124 Å². The highest BCUT2D eigenvalue weighted by atomic mass is 16.5. The number of carbonyl (C=O) groups excluding carboxylic acids is 4. The zero-order valence-electron chi connectivity index (χ0n) is 19.1. The fourth-order valence-electron chi connectivity index (χ4n) is 2.58. The molecule has 0 rings (SSSR count). The first-order valence-corrected chi connectivity index (χ1v) is 10.6. The summed E-state index contributed by atoms with van der Waals surface area (Å²) in [5, 5.41) is 3.18. The minimum Gasteiger partial charge on any atom is -0.465 e. The molecule has 0 saturated heterocycles. The molecule has 0 bridgehead atoms. The molecule has 0 aliphatic heterocycles. The van der Waals surface area contributed by atoms with E-state index in [4.69, 9.17) is 18.9 Å². The Kier molecular flexibility index (Phi) is 17.2. The summed E-state index contributed by atoms with van der Waals surface area (Å²) in [7, 11) is 0. The summed E-state index contributed by atoms with van der Waals surface area (Å²) in [6.07, 6.45) is 0. The van der Waals surface area contributed by atoms with Gasteiger partial charge in [-0.05, 0) is 27.7 Å². The third-order valence-electron chi connectivity index (χ3n) is 3.84. The maximum absolute atomic E-state index is 11.8. The maximum atomic E-state index is 11.8. The molecule has 0 heterocycles. The van der Waals surface area contributed by atoms with Gasteiger partial charge in [0.1, 0.15) is 0 Å². The van der Waals surface area contributed by atoms with Crippen LogP contribution < -0.4 is 5.32 Å². The molecule has 11 nitrogen and oxygen atoms in total. The van der Waals surface area contributed by atoms with E-state index in [2.05, 4.69) is 5.32 Å². The van der Waals surface area contributed by atoms with Gasteiger partial charge in [0.25, 0.3) is 0 Å². The SMILES string of the molecule is CCOC(=O)CN(CCNCCN(CC(=O)OCC)CC(=O)OCC)CC(=O)OCC. The van der Waals surface area contributed by atoms with Crippen LogP contribution in [-0.2, 0) is 38.1 Å². The Morgan fingerprint density at radius 2 is 0.806 bits per heavy atom. The van der Waals surface area contributed by atoms with Gasteiger partial charge in [-0.2, -0.15) is 0 Å². The standard InChI is InChI=1S/C20H37N3O8/c1-5-28-17(24)13-22(14-18(25)29-6-2)11-9-21-10-12-23(15-19(26)30-7-3)16-20(27)31-8-4/h21H,5-16H2,1-4H3. The predicted molar refractivity (Wildman–Crippen MR) is 112 cm³/mol. The maximum Gasteiger partial charge on any atom is 0.320 e. The molecule has 0 aromatic carbocycles. The van der Waals surface area contributed by atoms with E-state index in [9.17, 15) is 19.2 Å². The van der Waals surface area contributed by atoms with Crippen LogP contribution in [0.3, 0.4) is 0 Å². The summed E-state index contributed by atoms with van der Waals surface area (Å²) in [6.45, 7) is 9.61. The molecule has 0 saturated carbocycles. The van der Waals surface area contributed by atoms with E-state index in [0.29, 0.717) is 26.2 Å². The van der Waals surface area contributed by atoms with Crippen molar-refractivity contribution in [2.75, 3.05) is 78.8 Å². The summed E-state index contributed by atoms with van der Waals surface area (Å²) >= 11 is 0. The molecule has 0 aromatic rings. The molecule has 0 amide bonds. The van der Waals surface area contributed by atoms with Gasteiger partial charge in [0.05, 0.1) is 52.6 Å². The molecule has 0 spiro atoms. The Hall–Kier alpha value is -2.24. The molecule has 0 aromatic heterocycles. The molecule has 0 aliphatic rings. The highest BCUT2D eigenvalue weighted by Crippen LogP contribution is 1.95. The number of nitrogens with one attached hydrogen (secondary N) is 1. The lowest BCUT2D eigenvalue weighted by atomic mass is 10.4. The van der Waals surface area contributed by atoms with E-state index in [0.717, 1.165) is 0 Å². The Bertz CT molecular complexity index is 459. The van der Waals surface area contributed by atoms with Gasteiger partial charge in [0.15, 0.2) is 0 Å². The molecule has 0 atom stereocenters. The second-order valence-electron chi connectivity index (χ2n) is 6.39. The largest absolute Gasteiger partial charge is 0.465 e. The lowest BCUT2D eigenvalue weighted by molar-refractivity contribution is -0.149. The lowest BCUT2D eigenvalue weighted by Gasteiger charge is -2.22. The van der Waals surface area contributed by atoms with Crippen LogP contribution in [-0.4, -0.2) is 112 Å². The van der Waals surface area contributed by atoms with E-state index in [1.54, 1.807) is 37.5 Å². The van der Waals surface area contributed by atoms with E-state index >= 15 is 0 Å². The number of hydrogen-bond donors (Lipinski definition) is 1. The molecule has 180 valence electrons. The molecule has 0 fully saturated rings. The van der Waals surface area contributed by atoms with Crippen LogP contribution in [0.1, 0.15) is 27.7 Å². The summed E-state index contributed by atoms with van der Waals surface area (Å²) in [4.78, 5) is 50.3. The number of carbonyl (C=O) groups is 4. The first kappa shape index (κ1) is 28.8. The van der Waals surface area contributed by atoms with Gasteiger partial charge in [0.2, 0.25) is 0 Å². The number of nitrogens with zero attached hydrogens (tertiary/aromatic N) is 2. The van der Waals surface area contributed by atoms with Crippen molar-refractivity contribution in [2.45, 2.75) is 27.7 Å². The highest BCUT2D eigenvalue weighted by Gasteiger charge is 2.17. The van der Waals surface area contributed by atoms with Crippen LogP contribution in [0.5, 0.6) is 0 Å². The van der Waals surface area contributed by atoms with E-state index < -0.39 is 23.9 Å². The van der Waals surface area contributed by atoms with Gasteiger partial charge in [-0.15, -0.1) is 0 Å². The molecule has 0 aliphatic carbocycles. The Labute approximate surface area is 184 Å². The van der Waals surface area contributed by atoms with Crippen LogP contribution in [0.25, 0.3) is 0 Å². The van der Waals surface area contributed by atoms with Crippen molar-refractivity contribution in [3.05, 3.63) is 0 Å². The zero-order chi connectivity index (χ0) is 23.5. The van der Waals surface area contributed by atoms with E-state index in [-0.39, 0.29) is 52.6 Å². The van der Waals surface area contributed by atoms with Crippen LogP contribution in [0.15, 0.2) is 0 Å². The van der Waals surface area contributed by atoms with Gasteiger partial charge in [-0.1, -0.05) is 0 Å². The van der Waals surface area contributed by atoms with Gasteiger partial charge < -0.3 is 24.3 Å². The normalized spacial score (nSPS) is 10.8. The molecule has 0 unspecified atom stereocenters. The van der Waals surface area contributed by atoms with Crippen LogP contribution in [0.4, 0.5) is 0 Å². The average molecular weight is 448 g/mol. The summed E-state index contributed by atoms with van der Waals surface area (Å²) in [6, 6.07) is 0. The van der Waals surface area contributed by atoms with Crippen molar-refractivity contribution in [3.63, 3.8) is 0 Å². The third kappa shape index (κ3) is 16.2. The number of hydrogen-bond acceptors (Lipinski definition) is 11. The fraction of sp³-hybridized carbons (Fsp3) is 0.800. The van der Waals surface area contributed by atoms with E-state index in [1.165, 1.54) is 0 Å². The Morgan fingerprint density at radius 1 is 0.548 bits per heavy atom. The predicted octanol–water partition coefficient (Wildman–Crippen LogP) is -0.568. The molecule has 0 radical (unpaired) electrons. The van der Waals surface area contributed by atoms with Crippen molar-refractivity contribution in [3.8, 4) is 0 Å². The second kappa shape index (κ2) is 18.5. The first-order valence-electron chi connectivity index (χ1n) is 10.6. The van der Waals surface area contributed by atoms with Crippen molar-refractivity contribution in [1.82, 2.24) is 15.1 Å². The van der Waals surface area contributed by atoms with Gasteiger partial charge in [-0.3, -0.25) is 29.0 Å². The summed E-state index contributed by atoms with van der Waals surface area (Å²) < 4.78 is 19.8. The smallest absolute Gasteiger partial charge is 0.320 e. The van der Waals surface area contributed by atoms with E-state index in [1.807, 2.05) is 0 Å². The first-order chi connectivity index (χ1) is 14.9. The van der Waals surface area contributed by atoms with Crippen molar-refractivity contribution in [1.29, 1.82) is 0 Å². The quantitative estimate of drug-likeness (QED) is 0.165. The highest BCUT2D eigenvalue weighted by molar-refractivity contribution is 5.75. The lowest BCUT2D eigenvalue weighted by Crippen LogP contribution is -2.43. The Balaban J connectivity index is 4.54. The molecule has 11 heteroatoms. The zero-order valence-corrected chi connectivity index (χ0v) is 19.1. The van der Waals surface area contributed by atoms with Crippen LogP contribution in [0, 0.1) is 0 Å². The molecular formula is C20H37N3O8. The number of esters is 4. The fourth-order valence-corrected chi connectivity index (χ4v) is 2.58. The van der Waals surface area contributed by atoms with Crippen molar-refractivity contribution in [2.24, 2.45) is 0 Å². The summed E-state index contributed by atoms with van der Waals surface area (Å²) in [5.74, 6) is -1.66. The molecule has 31 heavy (non-hydrogen) atoms.